The number of alkyl halides is 2. The van der Waals surface area contributed by atoms with E-state index in [0.29, 0.717) is 0 Å². The van der Waals surface area contributed by atoms with Crippen LogP contribution in [0.3, 0.4) is 0 Å². The molecule has 7 heteroatoms. The maximum absolute atomic E-state index is 13.8. The van der Waals surface area contributed by atoms with Crippen molar-refractivity contribution in [1.29, 1.82) is 0 Å². The summed E-state index contributed by atoms with van der Waals surface area (Å²) < 4.78 is 44.2. The van der Waals surface area contributed by atoms with Crippen LogP contribution in [0.2, 0.25) is 0 Å². The van der Waals surface area contributed by atoms with Gasteiger partial charge >= 0.3 is 6.09 Å². The molecule has 2 fully saturated rings. The number of hydrogen-bond acceptors (Lipinski definition) is 4. The number of alkyl carbamates (subject to hydrolysis) is 1. The summed E-state index contributed by atoms with van der Waals surface area (Å²) in [4.78, 5) is 11.9. The maximum Gasteiger partial charge on any atom is 0.407 e. The SMILES string of the molecule is CC(C)(C)OC(=O)NC1CC(C(C)(F)F)C2OC(C)(C)OC12. The van der Waals surface area contributed by atoms with E-state index in [1.165, 1.54) is 0 Å². The topological polar surface area (TPSA) is 56.8 Å². The number of amides is 1. The van der Waals surface area contributed by atoms with Crippen molar-refractivity contribution in [2.75, 3.05) is 0 Å². The molecule has 1 N–H and O–H groups in total. The van der Waals surface area contributed by atoms with Crippen molar-refractivity contribution >= 4 is 6.09 Å². The second-order valence-corrected chi connectivity index (χ2v) is 7.62. The zero-order valence-corrected chi connectivity index (χ0v) is 13.9. The molecule has 1 aliphatic carbocycles. The van der Waals surface area contributed by atoms with Gasteiger partial charge in [0.15, 0.2) is 5.79 Å². The number of hydrogen-bond donors (Lipinski definition) is 1. The Hall–Kier alpha value is -0.950. The van der Waals surface area contributed by atoms with Crippen molar-refractivity contribution < 1.29 is 27.8 Å². The highest BCUT2D eigenvalue weighted by atomic mass is 19.3. The van der Waals surface area contributed by atoms with Crippen LogP contribution in [0.1, 0.15) is 48.0 Å². The van der Waals surface area contributed by atoms with Crippen LogP contribution >= 0.6 is 0 Å². The third-order valence-corrected chi connectivity index (χ3v) is 3.82. The van der Waals surface area contributed by atoms with Gasteiger partial charge in [0.25, 0.3) is 5.92 Å². The molecule has 22 heavy (non-hydrogen) atoms. The minimum atomic E-state index is -2.91. The van der Waals surface area contributed by atoms with E-state index in [1.54, 1.807) is 34.6 Å². The molecule has 1 heterocycles. The molecule has 0 spiro atoms. The fourth-order valence-electron chi connectivity index (χ4n) is 3.08. The molecule has 4 unspecified atom stereocenters. The second-order valence-electron chi connectivity index (χ2n) is 7.62. The Morgan fingerprint density at radius 2 is 1.73 bits per heavy atom. The molecule has 2 rings (SSSR count). The maximum atomic E-state index is 13.8. The number of carbonyl (C=O) groups is 1. The monoisotopic (exact) mass is 321 g/mol. The third kappa shape index (κ3) is 3.87. The minimum Gasteiger partial charge on any atom is -0.444 e. The normalized spacial score (nSPS) is 34.4. The Balaban J connectivity index is 2.11. The highest BCUT2D eigenvalue weighted by Crippen LogP contribution is 2.47. The van der Waals surface area contributed by atoms with Gasteiger partial charge in [-0.05, 0) is 48.0 Å². The van der Waals surface area contributed by atoms with Crippen LogP contribution < -0.4 is 5.32 Å². The van der Waals surface area contributed by atoms with Gasteiger partial charge in [0.1, 0.15) is 11.7 Å². The summed E-state index contributed by atoms with van der Waals surface area (Å²) in [5.74, 6) is -4.84. The first kappa shape index (κ1) is 17.4. The summed E-state index contributed by atoms with van der Waals surface area (Å²) in [7, 11) is 0. The van der Waals surface area contributed by atoms with Gasteiger partial charge in [-0.3, -0.25) is 0 Å². The number of ether oxygens (including phenoxy) is 3. The van der Waals surface area contributed by atoms with Crippen molar-refractivity contribution in [2.45, 2.75) is 83.5 Å². The van der Waals surface area contributed by atoms with Crippen molar-refractivity contribution in [3.8, 4) is 0 Å². The van der Waals surface area contributed by atoms with Gasteiger partial charge in [0.2, 0.25) is 0 Å². The van der Waals surface area contributed by atoms with E-state index < -0.39 is 47.6 Å². The van der Waals surface area contributed by atoms with Gasteiger partial charge in [-0.2, -0.15) is 0 Å². The molecule has 0 aromatic carbocycles. The summed E-state index contributed by atoms with van der Waals surface area (Å²) in [6.07, 6.45) is -1.88. The van der Waals surface area contributed by atoms with Crippen molar-refractivity contribution in [2.24, 2.45) is 5.92 Å². The third-order valence-electron chi connectivity index (χ3n) is 3.82. The fraction of sp³-hybridized carbons (Fsp3) is 0.933. The lowest BCUT2D eigenvalue weighted by molar-refractivity contribution is -0.174. The van der Waals surface area contributed by atoms with E-state index in [4.69, 9.17) is 14.2 Å². The summed E-state index contributed by atoms with van der Waals surface area (Å²) in [5, 5.41) is 2.65. The van der Waals surface area contributed by atoms with Crippen LogP contribution in [0.15, 0.2) is 0 Å². The largest absolute Gasteiger partial charge is 0.444 e. The van der Waals surface area contributed by atoms with E-state index in [1.807, 2.05) is 0 Å². The Bertz CT molecular complexity index is 442. The summed E-state index contributed by atoms with van der Waals surface area (Å²) >= 11 is 0. The van der Waals surface area contributed by atoms with Crippen LogP contribution in [0.5, 0.6) is 0 Å². The van der Waals surface area contributed by atoms with E-state index in [0.717, 1.165) is 6.92 Å². The van der Waals surface area contributed by atoms with Gasteiger partial charge in [-0.15, -0.1) is 0 Å². The Labute approximate surface area is 129 Å². The first-order chi connectivity index (χ1) is 9.78. The Kier molecular flexibility index (Phi) is 4.19. The molecule has 1 amide bonds. The van der Waals surface area contributed by atoms with Crippen LogP contribution in [0.25, 0.3) is 0 Å². The summed E-state index contributed by atoms with van der Waals surface area (Å²) in [6.45, 7) is 9.46. The van der Waals surface area contributed by atoms with Gasteiger partial charge in [0, 0.05) is 0 Å². The predicted octanol–water partition coefficient (Wildman–Crippen LogP) is 3.07. The lowest BCUT2D eigenvalue weighted by Crippen LogP contribution is -2.45. The summed E-state index contributed by atoms with van der Waals surface area (Å²) in [5.41, 5.74) is -0.650. The zero-order valence-electron chi connectivity index (χ0n) is 13.9. The molecular formula is C15H25F2NO4. The highest BCUT2D eigenvalue weighted by Gasteiger charge is 2.60. The first-order valence-electron chi connectivity index (χ1n) is 7.51. The van der Waals surface area contributed by atoms with Gasteiger partial charge in [-0.25, -0.2) is 13.6 Å². The number of rotatable bonds is 2. The van der Waals surface area contributed by atoms with Crippen LogP contribution in [0, 0.1) is 5.92 Å². The predicted molar refractivity (Wildman–Crippen MR) is 75.7 cm³/mol. The van der Waals surface area contributed by atoms with Crippen LogP contribution in [-0.2, 0) is 14.2 Å². The van der Waals surface area contributed by atoms with E-state index >= 15 is 0 Å². The molecule has 0 aromatic heterocycles. The van der Waals surface area contributed by atoms with Gasteiger partial charge in [-0.1, -0.05) is 0 Å². The molecule has 1 aliphatic heterocycles. The van der Waals surface area contributed by atoms with Crippen LogP contribution in [-0.4, -0.2) is 41.7 Å². The molecule has 0 bridgehead atoms. The minimum absolute atomic E-state index is 0.0914. The van der Waals surface area contributed by atoms with Gasteiger partial charge < -0.3 is 19.5 Å². The Morgan fingerprint density at radius 1 is 1.18 bits per heavy atom. The molecule has 2 aliphatic rings. The number of halogens is 2. The zero-order chi connectivity index (χ0) is 16.9. The first-order valence-corrected chi connectivity index (χ1v) is 7.51. The summed E-state index contributed by atoms with van der Waals surface area (Å²) in [6, 6.07) is -0.558. The lowest BCUT2D eigenvalue weighted by atomic mass is 9.98. The Morgan fingerprint density at radius 3 is 2.23 bits per heavy atom. The van der Waals surface area contributed by atoms with Crippen molar-refractivity contribution in [3.63, 3.8) is 0 Å². The average molecular weight is 321 g/mol. The smallest absolute Gasteiger partial charge is 0.407 e. The number of fused-ring (bicyclic) bond motifs is 1. The second kappa shape index (κ2) is 5.30. The molecule has 0 aromatic rings. The average Bonchev–Trinajstić information content (AvgIpc) is 2.69. The molecule has 1 saturated carbocycles. The van der Waals surface area contributed by atoms with Crippen molar-refractivity contribution in [3.05, 3.63) is 0 Å². The number of nitrogens with one attached hydrogen (secondary N) is 1. The quantitative estimate of drug-likeness (QED) is 0.849. The molecule has 5 nitrogen and oxygen atoms in total. The lowest BCUT2D eigenvalue weighted by Gasteiger charge is -2.27. The molecule has 0 radical (unpaired) electrons. The highest BCUT2D eigenvalue weighted by molar-refractivity contribution is 5.68. The van der Waals surface area contributed by atoms with Crippen molar-refractivity contribution in [1.82, 2.24) is 5.32 Å². The molecule has 1 saturated heterocycles. The fourth-order valence-corrected chi connectivity index (χ4v) is 3.08. The molecule has 128 valence electrons. The van der Waals surface area contributed by atoms with E-state index in [9.17, 15) is 13.6 Å². The molecular weight excluding hydrogens is 296 g/mol. The van der Waals surface area contributed by atoms with E-state index in [-0.39, 0.29) is 6.42 Å². The van der Waals surface area contributed by atoms with Crippen LogP contribution in [0.4, 0.5) is 13.6 Å². The van der Waals surface area contributed by atoms with Gasteiger partial charge in [0.05, 0.1) is 18.1 Å². The molecule has 4 atom stereocenters. The van der Waals surface area contributed by atoms with E-state index in [2.05, 4.69) is 5.32 Å². The standard InChI is InChI=1S/C15H25F2NO4/c1-13(2,3)22-12(19)18-9-7-8(15(6,16)17)10-11(9)21-14(4,5)20-10/h8-11H,7H2,1-6H3,(H,18,19). The number of carbonyl (C=O) groups excluding carboxylic acids is 1.